The number of carbonyl (C=O) groups is 1. The Morgan fingerprint density at radius 3 is 2.81 bits per heavy atom. The van der Waals surface area contributed by atoms with Crippen LogP contribution >= 0.6 is 0 Å². The van der Waals surface area contributed by atoms with Crippen LogP contribution in [0.15, 0.2) is 48.4 Å². The molecule has 146 valence electrons. The first kappa shape index (κ1) is 19.2. The van der Waals surface area contributed by atoms with Crippen LogP contribution < -0.4 is 10.1 Å². The molecule has 0 aliphatic carbocycles. The first-order chi connectivity index (χ1) is 13.1. The highest BCUT2D eigenvalue weighted by molar-refractivity contribution is 5.78. The van der Waals surface area contributed by atoms with E-state index in [9.17, 15) is 13.6 Å². The summed E-state index contributed by atoms with van der Waals surface area (Å²) in [6.45, 7) is 0.662. The maximum Gasteiger partial charge on any atom is 0.265 e. The first-order valence-corrected chi connectivity index (χ1v) is 8.75. The van der Waals surface area contributed by atoms with Gasteiger partial charge in [0, 0.05) is 13.0 Å². The minimum atomic E-state index is -2.58. The minimum Gasteiger partial charge on any atom is -0.490 e. The number of halogens is 2. The van der Waals surface area contributed by atoms with Crippen LogP contribution in [0, 0.1) is 0 Å². The third kappa shape index (κ3) is 4.97. The number of rotatable bonds is 7. The summed E-state index contributed by atoms with van der Waals surface area (Å²) in [5.41, 5.74) is 0.761. The second-order valence-electron chi connectivity index (χ2n) is 6.37. The van der Waals surface area contributed by atoms with Crippen molar-refractivity contribution in [3.63, 3.8) is 0 Å². The molecule has 1 fully saturated rings. The van der Waals surface area contributed by atoms with Crippen LogP contribution in [0.2, 0.25) is 0 Å². The molecule has 8 heteroatoms. The number of amides is 1. The Morgan fingerprint density at radius 1 is 1.33 bits per heavy atom. The zero-order valence-corrected chi connectivity index (χ0v) is 14.7. The molecule has 27 heavy (non-hydrogen) atoms. The minimum absolute atomic E-state index is 0.0530. The highest BCUT2D eigenvalue weighted by Crippen LogP contribution is 2.22. The van der Waals surface area contributed by atoms with E-state index in [4.69, 9.17) is 14.6 Å². The molecule has 0 spiro atoms. The van der Waals surface area contributed by atoms with Crippen LogP contribution in [-0.4, -0.2) is 54.2 Å². The third-order valence-corrected chi connectivity index (χ3v) is 4.46. The Kier molecular flexibility index (Phi) is 6.28. The Morgan fingerprint density at radius 2 is 2.11 bits per heavy atom. The van der Waals surface area contributed by atoms with E-state index in [1.54, 1.807) is 35.2 Å². The maximum atomic E-state index is 13.0. The maximum absolute atomic E-state index is 13.0. The van der Waals surface area contributed by atoms with Crippen molar-refractivity contribution in [1.82, 2.24) is 10.2 Å². The van der Waals surface area contributed by atoms with Gasteiger partial charge in [-0.1, -0.05) is 12.1 Å². The number of hydrogen-bond acceptors (Lipinski definition) is 5. The number of allylic oxidation sites excluding steroid dienone is 2. The summed E-state index contributed by atoms with van der Waals surface area (Å²) in [7, 11) is 0. The number of hydrogen-bond donors (Lipinski definition) is 2. The molecule has 1 amide bonds. The average molecular weight is 380 g/mol. The molecule has 2 heterocycles. The van der Waals surface area contributed by atoms with Gasteiger partial charge in [0.1, 0.15) is 23.7 Å². The molecule has 2 aliphatic rings. The van der Waals surface area contributed by atoms with Crippen LogP contribution in [0.1, 0.15) is 12.0 Å². The van der Waals surface area contributed by atoms with Crippen molar-refractivity contribution in [3.05, 3.63) is 53.9 Å². The number of ether oxygens (including phenoxy) is 2. The van der Waals surface area contributed by atoms with E-state index in [1.165, 1.54) is 12.3 Å². The summed E-state index contributed by atoms with van der Waals surface area (Å²) in [4.78, 5) is 13.9. The van der Waals surface area contributed by atoms with Gasteiger partial charge in [-0.3, -0.25) is 4.79 Å². The lowest BCUT2D eigenvalue weighted by Crippen LogP contribution is -2.38. The fourth-order valence-corrected chi connectivity index (χ4v) is 2.97. The number of benzene rings is 1. The van der Waals surface area contributed by atoms with E-state index in [0.717, 1.165) is 5.56 Å². The largest absolute Gasteiger partial charge is 0.490 e. The Bertz CT molecular complexity index is 706. The number of aliphatic hydroxyl groups is 1. The van der Waals surface area contributed by atoms with Crippen molar-refractivity contribution in [2.75, 3.05) is 19.7 Å². The molecule has 2 unspecified atom stereocenters. The molecule has 2 N–H and O–H groups in total. The van der Waals surface area contributed by atoms with E-state index in [0.29, 0.717) is 25.3 Å². The van der Waals surface area contributed by atoms with Crippen molar-refractivity contribution in [3.8, 4) is 5.75 Å². The topological polar surface area (TPSA) is 71.0 Å². The molecule has 0 saturated carbocycles. The summed E-state index contributed by atoms with van der Waals surface area (Å²) in [6.07, 6.45) is 2.27. The standard InChI is InChI=1S/C19H22F2N2O4/c20-19(21)18-16(2-1-8-22-18)27-15-7-9-23(10-15)17(25)12-26-14-5-3-13(11-24)4-6-14/h1-6,8,15,18-19,22,24H,7,9-12H2. The second kappa shape index (κ2) is 8.85. The zero-order valence-electron chi connectivity index (χ0n) is 14.7. The van der Waals surface area contributed by atoms with Gasteiger partial charge in [-0.05, 0) is 36.0 Å². The monoisotopic (exact) mass is 380 g/mol. The second-order valence-corrected chi connectivity index (χ2v) is 6.37. The van der Waals surface area contributed by atoms with Crippen molar-refractivity contribution in [1.29, 1.82) is 0 Å². The molecule has 1 aromatic rings. The van der Waals surface area contributed by atoms with E-state index in [1.807, 2.05) is 0 Å². The molecule has 6 nitrogen and oxygen atoms in total. The number of nitrogens with zero attached hydrogens (tertiary/aromatic N) is 1. The van der Waals surface area contributed by atoms with Gasteiger partial charge in [0.15, 0.2) is 6.61 Å². The van der Waals surface area contributed by atoms with E-state index in [2.05, 4.69) is 5.32 Å². The SMILES string of the molecule is O=C(COc1ccc(CO)cc1)N1CCC(OC2=CC=CNC2C(F)F)C1. The number of aliphatic hydroxyl groups excluding tert-OH is 1. The van der Waals surface area contributed by atoms with Crippen LogP contribution in [0.3, 0.4) is 0 Å². The van der Waals surface area contributed by atoms with Gasteiger partial charge in [0.25, 0.3) is 12.3 Å². The van der Waals surface area contributed by atoms with Crippen molar-refractivity contribution in [2.24, 2.45) is 0 Å². The third-order valence-electron chi connectivity index (χ3n) is 4.46. The van der Waals surface area contributed by atoms with Crippen molar-refractivity contribution in [2.45, 2.75) is 31.6 Å². The van der Waals surface area contributed by atoms with E-state index < -0.39 is 12.5 Å². The highest BCUT2D eigenvalue weighted by Gasteiger charge is 2.32. The molecule has 0 radical (unpaired) electrons. The lowest BCUT2D eigenvalue weighted by molar-refractivity contribution is -0.132. The first-order valence-electron chi connectivity index (χ1n) is 8.75. The Hall–Kier alpha value is -2.61. The smallest absolute Gasteiger partial charge is 0.265 e. The van der Waals surface area contributed by atoms with Crippen LogP contribution in [0.25, 0.3) is 0 Å². The summed E-state index contributed by atoms with van der Waals surface area (Å²) in [5.74, 6) is 0.540. The van der Waals surface area contributed by atoms with Crippen LogP contribution in [0.4, 0.5) is 8.78 Å². The van der Waals surface area contributed by atoms with E-state index in [-0.39, 0.29) is 31.0 Å². The van der Waals surface area contributed by atoms with Crippen LogP contribution in [-0.2, 0) is 16.1 Å². The molecule has 2 atom stereocenters. The molecule has 1 saturated heterocycles. The fourth-order valence-electron chi connectivity index (χ4n) is 2.97. The summed E-state index contributed by atoms with van der Waals surface area (Å²) in [6, 6.07) is 5.66. The zero-order chi connectivity index (χ0) is 19.2. The lowest BCUT2D eigenvalue weighted by Gasteiger charge is -2.25. The number of carbonyl (C=O) groups excluding carboxylic acids is 1. The molecule has 0 bridgehead atoms. The molecule has 0 aromatic heterocycles. The number of dihydropyridines is 1. The van der Waals surface area contributed by atoms with Crippen molar-refractivity contribution < 1.29 is 28.2 Å². The summed E-state index contributed by atoms with van der Waals surface area (Å²) >= 11 is 0. The highest BCUT2D eigenvalue weighted by atomic mass is 19.3. The predicted molar refractivity (Wildman–Crippen MR) is 94.1 cm³/mol. The van der Waals surface area contributed by atoms with Crippen LogP contribution in [0.5, 0.6) is 5.75 Å². The summed E-state index contributed by atoms with van der Waals surface area (Å²) < 4.78 is 37.3. The van der Waals surface area contributed by atoms with Gasteiger partial charge < -0.3 is 24.8 Å². The number of nitrogens with one attached hydrogen (secondary N) is 1. The fraction of sp³-hybridized carbons (Fsp3) is 0.421. The van der Waals surface area contributed by atoms with Gasteiger partial charge in [0.05, 0.1) is 13.2 Å². The molecule has 3 rings (SSSR count). The lowest BCUT2D eigenvalue weighted by atomic mass is 10.2. The van der Waals surface area contributed by atoms with Gasteiger partial charge in [-0.25, -0.2) is 8.78 Å². The Labute approximate surface area is 156 Å². The van der Waals surface area contributed by atoms with E-state index >= 15 is 0 Å². The van der Waals surface area contributed by atoms with Crippen molar-refractivity contribution >= 4 is 5.91 Å². The Balaban J connectivity index is 1.47. The van der Waals surface area contributed by atoms with Gasteiger partial charge >= 0.3 is 0 Å². The number of alkyl halides is 2. The normalized spacial score (nSPS) is 21.8. The quantitative estimate of drug-likeness (QED) is 0.755. The molecule has 2 aliphatic heterocycles. The number of likely N-dealkylation sites (tertiary alicyclic amines) is 1. The van der Waals surface area contributed by atoms with Gasteiger partial charge in [0.2, 0.25) is 0 Å². The average Bonchev–Trinajstić information content (AvgIpc) is 3.15. The molecular weight excluding hydrogens is 358 g/mol. The summed E-state index contributed by atoms with van der Waals surface area (Å²) in [5, 5.41) is 11.6. The molecular formula is C19H22F2N2O4. The molecule has 1 aromatic carbocycles. The van der Waals surface area contributed by atoms with Gasteiger partial charge in [-0.2, -0.15) is 0 Å². The van der Waals surface area contributed by atoms with Gasteiger partial charge in [-0.15, -0.1) is 0 Å². The predicted octanol–water partition coefficient (Wildman–Crippen LogP) is 1.81.